The first-order valence-electron chi connectivity index (χ1n) is 4.82. The molecule has 0 amide bonds. The molecule has 0 saturated heterocycles. The highest BCUT2D eigenvalue weighted by atomic mass is 19.2. The lowest BCUT2D eigenvalue weighted by molar-refractivity contribution is 0.430. The van der Waals surface area contributed by atoms with Crippen molar-refractivity contribution in [1.82, 2.24) is 5.32 Å². The van der Waals surface area contributed by atoms with E-state index in [9.17, 15) is 13.2 Å². The maximum atomic E-state index is 13.4. The van der Waals surface area contributed by atoms with Gasteiger partial charge < -0.3 is 5.32 Å². The van der Waals surface area contributed by atoms with Gasteiger partial charge in [-0.25, -0.2) is 13.2 Å². The summed E-state index contributed by atoms with van der Waals surface area (Å²) in [4.78, 5) is 0. The molecule has 1 atom stereocenters. The molecule has 0 aliphatic rings. The fourth-order valence-corrected chi connectivity index (χ4v) is 1.38. The molecule has 1 N–H and O–H groups in total. The Kier molecular flexibility index (Phi) is 4.39. The van der Waals surface area contributed by atoms with E-state index in [1.807, 2.05) is 0 Å². The Hall–Kier alpha value is -1.47. The van der Waals surface area contributed by atoms with E-state index in [-0.39, 0.29) is 5.56 Å². The molecule has 0 heterocycles. The maximum absolute atomic E-state index is 13.4. The highest BCUT2D eigenvalue weighted by molar-refractivity contribution is 5.25. The highest BCUT2D eigenvalue weighted by Crippen LogP contribution is 2.23. The normalized spacial score (nSPS) is 11.8. The largest absolute Gasteiger partial charge is 0.312 e. The van der Waals surface area contributed by atoms with Gasteiger partial charge in [-0.05, 0) is 20.0 Å². The van der Waals surface area contributed by atoms with E-state index in [1.54, 1.807) is 14.0 Å². The summed E-state index contributed by atoms with van der Waals surface area (Å²) in [7, 11) is 1.61. The number of hydrogen-bond donors (Lipinski definition) is 1. The van der Waals surface area contributed by atoms with Crippen LogP contribution in [0.15, 0.2) is 12.1 Å². The van der Waals surface area contributed by atoms with Crippen molar-refractivity contribution in [2.75, 3.05) is 7.05 Å². The average molecular weight is 227 g/mol. The standard InChI is InChI=1S/C12H12F3N/c1-3-4-5-10(16-2)8-6-7-9(13)12(15)11(8)14/h6-7,10,16H,5H2,1-2H3. The maximum Gasteiger partial charge on any atom is 0.194 e. The van der Waals surface area contributed by atoms with Crippen LogP contribution < -0.4 is 5.32 Å². The number of halogens is 3. The van der Waals surface area contributed by atoms with Gasteiger partial charge in [-0.3, -0.25) is 0 Å². The van der Waals surface area contributed by atoms with E-state index in [1.165, 1.54) is 6.07 Å². The average Bonchev–Trinajstić information content (AvgIpc) is 2.29. The van der Waals surface area contributed by atoms with E-state index in [2.05, 4.69) is 17.2 Å². The molecule has 4 heteroatoms. The predicted octanol–water partition coefficient (Wildman–Crippen LogP) is 2.78. The van der Waals surface area contributed by atoms with Crippen molar-refractivity contribution in [2.24, 2.45) is 0 Å². The van der Waals surface area contributed by atoms with E-state index >= 15 is 0 Å². The Morgan fingerprint density at radius 3 is 2.50 bits per heavy atom. The Morgan fingerprint density at radius 1 is 1.25 bits per heavy atom. The van der Waals surface area contributed by atoms with Gasteiger partial charge in [-0.2, -0.15) is 0 Å². The summed E-state index contributed by atoms with van der Waals surface area (Å²) in [6.07, 6.45) is 0.342. The van der Waals surface area contributed by atoms with Gasteiger partial charge >= 0.3 is 0 Å². The zero-order valence-corrected chi connectivity index (χ0v) is 9.07. The second-order valence-electron chi connectivity index (χ2n) is 3.24. The molecule has 0 spiro atoms. The molecule has 0 aliphatic heterocycles. The minimum absolute atomic E-state index is 0.0872. The Morgan fingerprint density at radius 2 is 1.94 bits per heavy atom. The van der Waals surface area contributed by atoms with Crippen LogP contribution in [0.2, 0.25) is 0 Å². The molecule has 0 aliphatic carbocycles. The van der Waals surface area contributed by atoms with Gasteiger partial charge in [0.2, 0.25) is 0 Å². The molecule has 0 bridgehead atoms. The summed E-state index contributed by atoms with van der Waals surface area (Å²) in [5.74, 6) is 1.65. The molecule has 16 heavy (non-hydrogen) atoms. The zero-order chi connectivity index (χ0) is 12.1. The van der Waals surface area contributed by atoms with Gasteiger partial charge in [-0.1, -0.05) is 6.07 Å². The SMILES string of the molecule is CC#CCC(NC)c1ccc(F)c(F)c1F. The fourth-order valence-electron chi connectivity index (χ4n) is 1.38. The highest BCUT2D eigenvalue weighted by Gasteiger charge is 2.18. The van der Waals surface area contributed by atoms with Crippen molar-refractivity contribution >= 4 is 0 Å². The van der Waals surface area contributed by atoms with Crippen LogP contribution in [0.3, 0.4) is 0 Å². The van der Waals surface area contributed by atoms with Crippen molar-refractivity contribution in [3.63, 3.8) is 0 Å². The van der Waals surface area contributed by atoms with E-state index in [0.717, 1.165) is 6.07 Å². The first-order chi connectivity index (χ1) is 7.61. The van der Waals surface area contributed by atoms with Crippen LogP contribution in [-0.4, -0.2) is 7.05 Å². The molecule has 0 saturated carbocycles. The number of rotatable bonds is 3. The van der Waals surface area contributed by atoms with Crippen molar-refractivity contribution in [2.45, 2.75) is 19.4 Å². The lowest BCUT2D eigenvalue weighted by Gasteiger charge is -2.14. The van der Waals surface area contributed by atoms with Crippen molar-refractivity contribution in [1.29, 1.82) is 0 Å². The summed E-state index contributed by atoms with van der Waals surface area (Å²) in [6, 6.07) is 1.70. The van der Waals surface area contributed by atoms with Crippen LogP contribution in [0.4, 0.5) is 13.2 Å². The van der Waals surface area contributed by atoms with Gasteiger partial charge in [0.25, 0.3) is 0 Å². The van der Waals surface area contributed by atoms with Gasteiger partial charge in [0.05, 0.1) is 0 Å². The fraction of sp³-hybridized carbons (Fsp3) is 0.333. The van der Waals surface area contributed by atoms with Gasteiger partial charge in [-0.15, -0.1) is 11.8 Å². The third kappa shape index (κ3) is 2.56. The van der Waals surface area contributed by atoms with Crippen molar-refractivity contribution in [3.05, 3.63) is 35.1 Å². The second kappa shape index (κ2) is 5.57. The molecule has 0 radical (unpaired) electrons. The zero-order valence-electron chi connectivity index (χ0n) is 9.07. The molecule has 1 nitrogen and oxygen atoms in total. The lowest BCUT2D eigenvalue weighted by atomic mass is 10.0. The van der Waals surface area contributed by atoms with Crippen molar-refractivity contribution in [3.8, 4) is 11.8 Å². The minimum atomic E-state index is -1.44. The Labute approximate surface area is 92.7 Å². The number of nitrogens with one attached hydrogen (secondary N) is 1. The molecule has 1 aromatic rings. The summed E-state index contributed by atoms with van der Waals surface area (Å²) < 4.78 is 39.1. The number of hydrogen-bond acceptors (Lipinski definition) is 1. The Bertz CT molecular complexity index is 432. The van der Waals surface area contributed by atoms with Crippen LogP contribution >= 0.6 is 0 Å². The van der Waals surface area contributed by atoms with Crippen LogP contribution in [0, 0.1) is 29.3 Å². The first-order valence-corrected chi connectivity index (χ1v) is 4.82. The van der Waals surface area contributed by atoms with Crippen LogP contribution in [0.25, 0.3) is 0 Å². The number of benzene rings is 1. The van der Waals surface area contributed by atoms with Crippen LogP contribution in [0.1, 0.15) is 24.9 Å². The predicted molar refractivity (Wildman–Crippen MR) is 56.2 cm³/mol. The van der Waals surface area contributed by atoms with Gasteiger partial charge in [0.1, 0.15) is 0 Å². The molecular weight excluding hydrogens is 215 g/mol. The lowest BCUT2D eigenvalue weighted by Crippen LogP contribution is -2.18. The molecule has 1 aromatic carbocycles. The molecule has 1 rings (SSSR count). The third-order valence-corrected chi connectivity index (χ3v) is 2.27. The molecule has 86 valence electrons. The molecule has 0 fully saturated rings. The van der Waals surface area contributed by atoms with E-state index in [4.69, 9.17) is 0 Å². The third-order valence-electron chi connectivity index (χ3n) is 2.27. The van der Waals surface area contributed by atoms with Gasteiger partial charge in [0.15, 0.2) is 17.5 Å². The minimum Gasteiger partial charge on any atom is -0.312 e. The smallest absolute Gasteiger partial charge is 0.194 e. The summed E-state index contributed by atoms with van der Waals surface area (Å²) >= 11 is 0. The van der Waals surface area contributed by atoms with Crippen LogP contribution in [-0.2, 0) is 0 Å². The Balaban J connectivity index is 3.09. The monoisotopic (exact) mass is 227 g/mol. The van der Waals surface area contributed by atoms with Crippen LogP contribution in [0.5, 0.6) is 0 Å². The molecule has 0 aromatic heterocycles. The quantitative estimate of drug-likeness (QED) is 0.618. The van der Waals surface area contributed by atoms with E-state index in [0.29, 0.717) is 6.42 Å². The molecular formula is C12H12F3N. The second-order valence-corrected chi connectivity index (χ2v) is 3.24. The first kappa shape index (κ1) is 12.6. The summed E-state index contributed by atoms with van der Waals surface area (Å²) in [6.45, 7) is 1.66. The summed E-state index contributed by atoms with van der Waals surface area (Å²) in [5.41, 5.74) is 0.0872. The van der Waals surface area contributed by atoms with Crippen molar-refractivity contribution < 1.29 is 13.2 Å². The molecule has 1 unspecified atom stereocenters. The topological polar surface area (TPSA) is 12.0 Å². The van der Waals surface area contributed by atoms with E-state index < -0.39 is 23.5 Å². The van der Waals surface area contributed by atoms with Gasteiger partial charge in [0, 0.05) is 18.0 Å². The summed E-state index contributed by atoms with van der Waals surface area (Å²) in [5, 5.41) is 2.81.